The molecule has 2 heterocycles. The summed E-state index contributed by atoms with van der Waals surface area (Å²) in [7, 11) is 1.77. The average Bonchev–Trinajstić information content (AvgIpc) is 2.79. The van der Waals surface area contributed by atoms with Crippen LogP contribution in [0.2, 0.25) is 5.02 Å². The third kappa shape index (κ3) is 3.27. The normalized spacial score (nSPS) is 10.3. The van der Waals surface area contributed by atoms with E-state index in [4.69, 9.17) is 21.1 Å². The van der Waals surface area contributed by atoms with Gasteiger partial charge >= 0.3 is 5.97 Å². The molecule has 0 aliphatic rings. The first-order chi connectivity index (χ1) is 9.61. The average molecular weight is 296 g/mol. The molecule has 0 bridgehead atoms. The zero-order valence-corrected chi connectivity index (χ0v) is 11.9. The van der Waals surface area contributed by atoms with E-state index in [0.29, 0.717) is 17.5 Å². The highest BCUT2D eigenvalue weighted by molar-refractivity contribution is 6.33. The number of aromatic nitrogens is 3. The van der Waals surface area contributed by atoms with Gasteiger partial charge < -0.3 is 9.47 Å². The number of rotatable bonds is 5. The second kappa shape index (κ2) is 6.38. The summed E-state index contributed by atoms with van der Waals surface area (Å²) in [5, 5.41) is 4.69. The van der Waals surface area contributed by atoms with Gasteiger partial charge in [0.25, 0.3) is 0 Å². The van der Waals surface area contributed by atoms with Crippen LogP contribution in [0, 0.1) is 0 Å². The fourth-order valence-corrected chi connectivity index (χ4v) is 1.90. The molecule has 0 aliphatic heterocycles. The van der Waals surface area contributed by atoms with Crippen LogP contribution in [-0.2, 0) is 16.6 Å². The van der Waals surface area contributed by atoms with Crippen LogP contribution in [0.4, 0.5) is 0 Å². The number of nitrogens with zero attached hydrogens (tertiary/aromatic N) is 3. The molecule has 0 radical (unpaired) electrons. The Kier molecular flexibility index (Phi) is 4.57. The van der Waals surface area contributed by atoms with Crippen molar-refractivity contribution in [2.75, 3.05) is 13.2 Å². The van der Waals surface area contributed by atoms with Crippen LogP contribution in [0.25, 0.3) is 11.3 Å². The predicted molar refractivity (Wildman–Crippen MR) is 73.6 cm³/mol. The molecular weight excluding hydrogens is 282 g/mol. The zero-order chi connectivity index (χ0) is 14.5. The molecule has 2 aromatic rings. The molecule has 106 valence electrons. The van der Waals surface area contributed by atoms with Crippen molar-refractivity contribution in [1.29, 1.82) is 0 Å². The van der Waals surface area contributed by atoms with Gasteiger partial charge in [0.2, 0.25) is 5.88 Å². The van der Waals surface area contributed by atoms with Crippen molar-refractivity contribution in [3.05, 3.63) is 29.5 Å². The Labute approximate surface area is 121 Å². The van der Waals surface area contributed by atoms with E-state index in [0.717, 1.165) is 11.3 Å². The first kappa shape index (κ1) is 14.3. The van der Waals surface area contributed by atoms with Crippen molar-refractivity contribution >= 4 is 17.6 Å². The van der Waals surface area contributed by atoms with Crippen LogP contribution >= 0.6 is 11.6 Å². The highest BCUT2D eigenvalue weighted by Crippen LogP contribution is 2.28. The smallest absolute Gasteiger partial charge is 0.344 e. The molecule has 0 unspecified atom stereocenters. The summed E-state index contributed by atoms with van der Waals surface area (Å²) in [6, 6.07) is 3.49. The summed E-state index contributed by atoms with van der Waals surface area (Å²) in [4.78, 5) is 15.2. The Morgan fingerprint density at radius 2 is 2.30 bits per heavy atom. The summed E-state index contributed by atoms with van der Waals surface area (Å²) in [6.07, 6.45) is 3.20. The quantitative estimate of drug-likeness (QED) is 0.790. The van der Waals surface area contributed by atoms with Gasteiger partial charge in [-0.15, -0.1) is 5.10 Å². The predicted octanol–water partition coefficient (Wildman–Crippen LogP) is 2.08. The van der Waals surface area contributed by atoms with Gasteiger partial charge in [-0.25, -0.2) is 4.79 Å². The first-order valence-electron chi connectivity index (χ1n) is 6.04. The maximum atomic E-state index is 11.2. The molecule has 0 saturated heterocycles. The van der Waals surface area contributed by atoms with E-state index >= 15 is 0 Å². The molecule has 20 heavy (non-hydrogen) atoms. The molecule has 0 aromatic carbocycles. The van der Waals surface area contributed by atoms with Gasteiger partial charge in [-0.05, 0) is 13.0 Å². The van der Waals surface area contributed by atoms with Crippen LogP contribution in [-0.4, -0.2) is 33.9 Å². The van der Waals surface area contributed by atoms with Crippen molar-refractivity contribution in [1.82, 2.24) is 14.8 Å². The van der Waals surface area contributed by atoms with Gasteiger partial charge in [0, 0.05) is 31.1 Å². The fourth-order valence-electron chi connectivity index (χ4n) is 1.68. The Bertz CT molecular complexity index is 613. The minimum Gasteiger partial charge on any atom is -0.465 e. The van der Waals surface area contributed by atoms with Crippen molar-refractivity contribution in [2.45, 2.75) is 6.92 Å². The van der Waals surface area contributed by atoms with Gasteiger partial charge in [-0.2, -0.15) is 0 Å². The van der Waals surface area contributed by atoms with E-state index in [2.05, 4.69) is 10.1 Å². The molecule has 6 nitrogen and oxygen atoms in total. The summed E-state index contributed by atoms with van der Waals surface area (Å²) < 4.78 is 11.7. The van der Waals surface area contributed by atoms with Crippen molar-refractivity contribution in [3.63, 3.8) is 0 Å². The Hall–Kier alpha value is -2.08. The number of halogens is 1. The van der Waals surface area contributed by atoms with Crippen LogP contribution < -0.4 is 4.74 Å². The Morgan fingerprint density at radius 3 is 3.00 bits per heavy atom. The molecule has 0 amide bonds. The molecule has 0 fully saturated rings. The highest BCUT2D eigenvalue weighted by atomic mass is 35.5. The molecular formula is C13H14ClN3O3. The van der Waals surface area contributed by atoms with E-state index in [1.54, 1.807) is 43.2 Å². The summed E-state index contributed by atoms with van der Waals surface area (Å²) in [5.74, 6) is -0.0925. The van der Waals surface area contributed by atoms with Crippen LogP contribution in [0.15, 0.2) is 24.5 Å². The number of hydrogen-bond donors (Lipinski definition) is 0. The monoisotopic (exact) mass is 295 g/mol. The lowest BCUT2D eigenvalue weighted by molar-refractivity contribution is -0.145. The number of pyridine rings is 1. The minimum absolute atomic E-state index is 0.172. The lowest BCUT2D eigenvalue weighted by Crippen LogP contribution is -2.14. The van der Waals surface area contributed by atoms with E-state index in [9.17, 15) is 4.79 Å². The molecule has 2 rings (SSSR count). The second-order valence-electron chi connectivity index (χ2n) is 3.94. The summed E-state index contributed by atoms with van der Waals surface area (Å²) in [6.45, 7) is 1.89. The Balaban J connectivity index is 2.14. The van der Waals surface area contributed by atoms with Gasteiger partial charge in [0.15, 0.2) is 6.61 Å². The standard InChI is InChI=1S/C13H14ClN3O3/c1-3-19-13(18)8-20-12-6-11(17(2)16-12)9-4-5-15-7-10(9)14/h4-7H,3,8H2,1-2H3. The van der Waals surface area contributed by atoms with E-state index < -0.39 is 5.97 Å². The molecule has 7 heteroatoms. The SMILES string of the molecule is CCOC(=O)COc1cc(-c2ccncc2Cl)n(C)n1. The van der Waals surface area contributed by atoms with Crippen LogP contribution in [0.1, 0.15) is 6.92 Å². The molecule has 2 aromatic heterocycles. The maximum absolute atomic E-state index is 11.2. The zero-order valence-electron chi connectivity index (χ0n) is 11.2. The third-order valence-corrected chi connectivity index (χ3v) is 2.85. The Morgan fingerprint density at radius 1 is 1.50 bits per heavy atom. The number of carbonyl (C=O) groups is 1. The van der Waals surface area contributed by atoms with E-state index in [1.165, 1.54) is 0 Å². The number of hydrogen-bond acceptors (Lipinski definition) is 5. The molecule has 0 spiro atoms. The third-order valence-electron chi connectivity index (χ3n) is 2.55. The highest BCUT2D eigenvalue weighted by Gasteiger charge is 2.12. The maximum Gasteiger partial charge on any atom is 0.344 e. The first-order valence-corrected chi connectivity index (χ1v) is 6.42. The fraction of sp³-hybridized carbons (Fsp3) is 0.308. The second-order valence-corrected chi connectivity index (χ2v) is 4.35. The molecule has 0 atom stereocenters. The van der Waals surface area contributed by atoms with Crippen molar-refractivity contribution < 1.29 is 14.3 Å². The number of esters is 1. The van der Waals surface area contributed by atoms with Crippen LogP contribution in [0.3, 0.4) is 0 Å². The number of carbonyl (C=O) groups excluding carboxylic acids is 1. The largest absolute Gasteiger partial charge is 0.465 e. The van der Waals surface area contributed by atoms with E-state index in [1.807, 2.05) is 0 Å². The number of ether oxygens (including phenoxy) is 2. The molecule has 0 N–H and O–H groups in total. The van der Waals surface area contributed by atoms with Gasteiger partial charge in [-0.1, -0.05) is 11.6 Å². The molecule has 0 saturated carbocycles. The van der Waals surface area contributed by atoms with E-state index in [-0.39, 0.29) is 6.61 Å². The topological polar surface area (TPSA) is 66.2 Å². The van der Waals surface area contributed by atoms with Crippen LogP contribution in [0.5, 0.6) is 5.88 Å². The van der Waals surface area contributed by atoms with Crippen molar-refractivity contribution in [3.8, 4) is 17.1 Å². The number of aryl methyl sites for hydroxylation is 1. The minimum atomic E-state index is -0.429. The summed E-state index contributed by atoms with van der Waals surface area (Å²) >= 11 is 6.09. The van der Waals surface area contributed by atoms with Gasteiger partial charge in [-0.3, -0.25) is 9.67 Å². The lowest BCUT2D eigenvalue weighted by atomic mass is 10.2. The molecule has 0 aliphatic carbocycles. The van der Waals surface area contributed by atoms with Gasteiger partial charge in [0.1, 0.15) is 0 Å². The van der Waals surface area contributed by atoms with Crippen molar-refractivity contribution in [2.24, 2.45) is 7.05 Å². The summed E-state index contributed by atoms with van der Waals surface area (Å²) in [5.41, 5.74) is 1.57. The lowest BCUT2D eigenvalue weighted by Gasteiger charge is -2.02. The van der Waals surface area contributed by atoms with Gasteiger partial charge in [0.05, 0.1) is 17.3 Å².